The van der Waals surface area contributed by atoms with Crippen molar-refractivity contribution in [3.05, 3.63) is 0 Å². The number of nitrogens with one attached hydrogen (secondary N) is 1. The molecule has 1 heterocycles. The minimum Gasteiger partial charge on any atom is -0.381 e. The van der Waals surface area contributed by atoms with E-state index in [1.807, 2.05) is 7.11 Å². The van der Waals surface area contributed by atoms with Gasteiger partial charge in [-0.2, -0.15) is 0 Å². The van der Waals surface area contributed by atoms with Crippen LogP contribution in [0.4, 0.5) is 0 Å². The summed E-state index contributed by atoms with van der Waals surface area (Å²) >= 11 is 0. The highest BCUT2D eigenvalue weighted by atomic mass is 16.5. The van der Waals surface area contributed by atoms with Crippen molar-refractivity contribution in [2.45, 2.75) is 37.8 Å². The lowest BCUT2D eigenvalue weighted by Crippen LogP contribution is -2.51. The zero-order chi connectivity index (χ0) is 10.5. The Hall–Kier alpha value is -0.160. The molecular formula is C11H22N2O2. The predicted molar refractivity (Wildman–Crippen MR) is 58.6 cm³/mol. The van der Waals surface area contributed by atoms with Gasteiger partial charge in [-0.25, -0.2) is 5.01 Å². The van der Waals surface area contributed by atoms with Gasteiger partial charge in [0.2, 0.25) is 0 Å². The minimum absolute atomic E-state index is 0.456. The Morgan fingerprint density at radius 1 is 1.27 bits per heavy atom. The van der Waals surface area contributed by atoms with E-state index in [2.05, 4.69) is 10.4 Å². The summed E-state index contributed by atoms with van der Waals surface area (Å²) in [7, 11) is 1.82. The summed E-state index contributed by atoms with van der Waals surface area (Å²) in [4.78, 5) is 0. The molecule has 0 spiro atoms. The number of nitrogens with zero attached hydrogens (tertiary/aromatic N) is 1. The van der Waals surface area contributed by atoms with Crippen molar-refractivity contribution < 1.29 is 9.47 Å². The topological polar surface area (TPSA) is 33.7 Å². The lowest BCUT2D eigenvalue weighted by atomic mass is 9.93. The van der Waals surface area contributed by atoms with E-state index in [0.29, 0.717) is 12.1 Å². The normalized spacial score (nSPS) is 34.2. The van der Waals surface area contributed by atoms with Crippen LogP contribution in [0, 0.1) is 0 Å². The highest BCUT2D eigenvalue weighted by Gasteiger charge is 2.23. The summed E-state index contributed by atoms with van der Waals surface area (Å²) in [5.41, 5.74) is 3.60. The van der Waals surface area contributed by atoms with E-state index in [9.17, 15) is 0 Å². The van der Waals surface area contributed by atoms with E-state index < -0.39 is 0 Å². The highest BCUT2D eigenvalue weighted by Crippen LogP contribution is 2.20. The van der Waals surface area contributed by atoms with E-state index in [-0.39, 0.29) is 0 Å². The van der Waals surface area contributed by atoms with Crippen LogP contribution in [0.1, 0.15) is 25.7 Å². The van der Waals surface area contributed by atoms with Gasteiger partial charge in [0.05, 0.1) is 19.3 Å². The Morgan fingerprint density at radius 2 is 2.07 bits per heavy atom. The van der Waals surface area contributed by atoms with Crippen molar-refractivity contribution in [2.75, 3.05) is 33.4 Å². The molecule has 0 radical (unpaired) electrons. The second-order valence-corrected chi connectivity index (χ2v) is 4.45. The van der Waals surface area contributed by atoms with Crippen LogP contribution in [-0.2, 0) is 9.47 Å². The second-order valence-electron chi connectivity index (χ2n) is 4.45. The molecule has 1 saturated heterocycles. The van der Waals surface area contributed by atoms with Crippen LogP contribution >= 0.6 is 0 Å². The van der Waals surface area contributed by atoms with Gasteiger partial charge >= 0.3 is 0 Å². The summed E-state index contributed by atoms with van der Waals surface area (Å²) in [6.07, 6.45) is 5.38. The van der Waals surface area contributed by atoms with E-state index in [4.69, 9.17) is 9.47 Å². The molecule has 4 nitrogen and oxygen atoms in total. The van der Waals surface area contributed by atoms with Crippen molar-refractivity contribution in [2.24, 2.45) is 0 Å². The average Bonchev–Trinajstić information content (AvgIpc) is 2.31. The van der Waals surface area contributed by atoms with Gasteiger partial charge in [-0.05, 0) is 25.7 Å². The van der Waals surface area contributed by atoms with Crippen molar-refractivity contribution >= 4 is 0 Å². The molecule has 1 saturated carbocycles. The summed E-state index contributed by atoms with van der Waals surface area (Å²) in [6.45, 7) is 3.73. The highest BCUT2D eigenvalue weighted by molar-refractivity contribution is 4.78. The molecular weight excluding hydrogens is 192 g/mol. The molecule has 1 aliphatic carbocycles. The number of hydrogen-bond acceptors (Lipinski definition) is 4. The van der Waals surface area contributed by atoms with Gasteiger partial charge in [-0.1, -0.05) is 0 Å². The smallest absolute Gasteiger partial charge is 0.0608 e. The maximum Gasteiger partial charge on any atom is 0.0608 e. The van der Waals surface area contributed by atoms with Gasteiger partial charge in [0.1, 0.15) is 0 Å². The van der Waals surface area contributed by atoms with Crippen LogP contribution in [0.3, 0.4) is 0 Å². The summed E-state index contributed by atoms with van der Waals surface area (Å²) < 4.78 is 10.8. The number of ether oxygens (including phenoxy) is 2. The summed E-state index contributed by atoms with van der Waals surface area (Å²) in [6, 6.07) is 0.599. The second kappa shape index (κ2) is 5.80. The van der Waals surface area contributed by atoms with Gasteiger partial charge in [0.15, 0.2) is 0 Å². The maximum atomic E-state index is 5.43. The Labute approximate surface area is 91.9 Å². The maximum absolute atomic E-state index is 5.43. The minimum atomic E-state index is 0.456. The van der Waals surface area contributed by atoms with Crippen LogP contribution in [-0.4, -0.2) is 50.6 Å². The SMILES string of the molecule is COC1CCCC(NN2CCOCC2)C1. The monoisotopic (exact) mass is 214 g/mol. The molecule has 2 aliphatic rings. The van der Waals surface area contributed by atoms with Crippen molar-refractivity contribution in [3.63, 3.8) is 0 Å². The fraction of sp³-hybridized carbons (Fsp3) is 1.00. The molecule has 2 fully saturated rings. The van der Waals surface area contributed by atoms with Crippen molar-refractivity contribution in [3.8, 4) is 0 Å². The molecule has 1 aliphatic heterocycles. The first-order valence-electron chi connectivity index (χ1n) is 6.00. The third-order valence-corrected chi connectivity index (χ3v) is 3.34. The van der Waals surface area contributed by atoms with Crippen LogP contribution in [0.15, 0.2) is 0 Å². The summed E-state index contributed by atoms with van der Waals surface area (Å²) in [5, 5.41) is 2.30. The van der Waals surface area contributed by atoms with E-state index in [1.165, 1.54) is 19.3 Å². The van der Waals surface area contributed by atoms with E-state index >= 15 is 0 Å². The van der Waals surface area contributed by atoms with Gasteiger partial charge in [0, 0.05) is 26.2 Å². The Kier molecular flexibility index (Phi) is 4.38. The first-order valence-corrected chi connectivity index (χ1v) is 6.00. The van der Waals surface area contributed by atoms with Crippen LogP contribution in [0.2, 0.25) is 0 Å². The van der Waals surface area contributed by atoms with Crippen LogP contribution in [0.5, 0.6) is 0 Å². The Balaban J connectivity index is 1.72. The molecule has 2 atom stereocenters. The fourth-order valence-corrected chi connectivity index (χ4v) is 2.43. The molecule has 15 heavy (non-hydrogen) atoms. The lowest BCUT2D eigenvalue weighted by molar-refractivity contribution is -0.0126. The van der Waals surface area contributed by atoms with E-state index in [0.717, 1.165) is 32.7 Å². The molecule has 2 unspecified atom stereocenters. The molecule has 4 heteroatoms. The molecule has 0 aromatic rings. The molecule has 0 bridgehead atoms. The van der Waals surface area contributed by atoms with Crippen molar-refractivity contribution in [1.29, 1.82) is 0 Å². The Bertz CT molecular complexity index is 183. The zero-order valence-electron chi connectivity index (χ0n) is 9.58. The molecule has 0 aromatic carbocycles. The zero-order valence-corrected chi connectivity index (χ0v) is 9.58. The molecule has 2 rings (SSSR count). The van der Waals surface area contributed by atoms with Crippen LogP contribution < -0.4 is 5.43 Å². The van der Waals surface area contributed by atoms with Gasteiger partial charge in [-0.3, -0.25) is 5.43 Å². The predicted octanol–water partition coefficient (Wildman–Crippen LogP) is 0.781. The standard InChI is InChI=1S/C11H22N2O2/c1-14-11-4-2-3-10(9-11)12-13-5-7-15-8-6-13/h10-12H,2-9H2,1H3. The molecule has 1 N–H and O–H groups in total. The van der Waals surface area contributed by atoms with Gasteiger partial charge < -0.3 is 9.47 Å². The van der Waals surface area contributed by atoms with Crippen LogP contribution in [0.25, 0.3) is 0 Å². The molecule has 0 amide bonds. The number of methoxy groups -OCH3 is 1. The third kappa shape index (κ3) is 3.41. The fourth-order valence-electron chi connectivity index (χ4n) is 2.43. The number of hydrazine groups is 1. The average molecular weight is 214 g/mol. The molecule has 88 valence electrons. The van der Waals surface area contributed by atoms with E-state index in [1.54, 1.807) is 0 Å². The Morgan fingerprint density at radius 3 is 2.80 bits per heavy atom. The first-order chi connectivity index (χ1) is 7.38. The first kappa shape index (κ1) is 11.3. The number of morpholine rings is 1. The van der Waals surface area contributed by atoms with Gasteiger partial charge in [0.25, 0.3) is 0 Å². The van der Waals surface area contributed by atoms with Gasteiger partial charge in [-0.15, -0.1) is 0 Å². The quantitative estimate of drug-likeness (QED) is 0.753. The largest absolute Gasteiger partial charge is 0.381 e. The number of rotatable bonds is 3. The number of hydrogen-bond donors (Lipinski definition) is 1. The molecule has 0 aromatic heterocycles. The lowest BCUT2D eigenvalue weighted by Gasteiger charge is -2.35. The summed E-state index contributed by atoms with van der Waals surface area (Å²) in [5.74, 6) is 0. The van der Waals surface area contributed by atoms with Crippen molar-refractivity contribution in [1.82, 2.24) is 10.4 Å². The third-order valence-electron chi connectivity index (χ3n) is 3.34.